The lowest BCUT2D eigenvalue weighted by molar-refractivity contribution is -0.165. The summed E-state index contributed by atoms with van der Waals surface area (Å²) in [6.45, 7) is 22.8. The van der Waals surface area contributed by atoms with Gasteiger partial charge in [0.15, 0.2) is 0 Å². The van der Waals surface area contributed by atoms with Crippen LogP contribution in [0.2, 0.25) is 0 Å². The molecule has 0 bridgehead atoms. The Morgan fingerprint density at radius 1 is 0.861 bits per heavy atom. The number of carbonyl (C=O) groups excluding carboxylic acids is 2. The van der Waals surface area contributed by atoms with E-state index in [9.17, 15) is 9.59 Å². The molecule has 1 aliphatic heterocycles. The minimum absolute atomic E-state index is 0.251. The van der Waals surface area contributed by atoms with E-state index < -0.39 is 41.0 Å². The van der Waals surface area contributed by atoms with Crippen LogP contribution in [0.3, 0.4) is 0 Å². The smallest absolute Gasteiger partial charge is 0.460 e. The van der Waals surface area contributed by atoms with Gasteiger partial charge in [-0.25, -0.2) is 4.79 Å². The van der Waals surface area contributed by atoms with E-state index in [1.165, 1.54) is 4.57 Å². The quantitative estimate of drug-likeness (QED) is 0.401. The minimum atomic E-state index is -0.739. The van der Waals surface area contributed by atoms with Gasteiger partial charge in [0.2, 0.25) is 0 Å². The number of ether oxygens (including phenoxy) is 2. The van der Waals surface area contributed by atoms with E-state index in [-0.39, 0.29) is 5.97 Å². The predicted molar refractivity (Wildman–Crippen MR) is 143 cm³/mol. The summed E-state index contributed by atoms with van der Waals surface area (Å²) < 4.78 is 25.5. The lowest BCUT2D eigenvalue weighted by Crippen LogP contribution is -2.43. The number of esters is 1. The molecule has 2 aromatic rings. The Labute approximate surface area is 215 Å². The summed E-state index contributed by atoms with van der Waals surface area (Å²) in [4.78, 5) is 26.1. The van der Waals surface area contributed by atoms with Gasteiger partial charge in [0.25, 0.3) is 0 Å². The number of nitrogens with zero attached hydrogens (tertiary/aromatic N) is 1. The molecule has 0 unspecified atom stereocenters. The number of hydrogen-bond donors (Lipinski definition) is 0. The lowest BCUT2D eigenvalue weighted by Gasteiger charge is -2.32. The van der Waals surface area contributed by atoms with Gasteiger partial charge in [-0.15, -0.1) is 0 Å². The molecule has 8 heteroatoms. The molecule has 0 amide bonds. The zero-order chi connectivity index (χ0) is 27.5. The fourth-order valence-corrected chi connectivity index (χ4v) is 4.04. The highest BCUT2D eigenvalue weighted by molar-refractivity contribution is 6.62. The predicted octanol–water partition coefficient (Wildman–Crippen LogP) is 5.63. The average Bonchev–Trinajstić information content (AvgIpc) is 3.12. The molecule has 1 aliphatic rings. The summed E-state index contributed by atoms with van der Waals surface area (Å²) in [5.41, 5.74) is -0.845. The van der Waals surface area contributed by atoms with Gasteiger partial charge < -0.3 is 18.8 Å². The fourth-order valence-electron chi connectivity index (χ4n) is 4.04. The maximum Gasteiger partial charge on any atom is 0.513 e. The van der Waals surface area contributed by atoms with Gasteiger partial charge in [-0.3, -0.25) is 9.36 Å². The normalized spacial score (nSPS) is 17.9. The molecule has 2 heterocycles. The van der Waals surface area contributed by atoms with E-state index in [0.717, 1.165) is 10.9 Å². The standard InChI is InChI=1S/C28H42BNO6/c1-24(2,3)33-22(31)26(7,8)17-18-13-14-20-19(15-18)16-21(30(20)23(32)34-25(4,5)6)29-35-27(9,10)28(11,12)36-29/h13-16H,17H2,1-12H3. The maximum absolute atomic E-state index is 13.3. The molecule has 1 aromatic heterocycles. The molecule has 1 aromatic carbocycles. The summed E-state index contributed by atoms with van der Waals surface area (Å²) in [5.74, 6) is -0.251. The monoisotopic (exact) mass is 499 g/mol. The van der Waals surface area contributed by atoms with Crippen molar-refractivity contribution in [2.24, 2.45) is 5.41 Å². The molecule has 1 fully saturated rings. The summed E-state index contributed by atoms with van der Waals surface area (Å²) >= 11 is 0. The van der Waals surface area contributed by atoms with Gasteiger partial charge in [-0.05, 0) is 113 Å². The van der Waals surface area contributed by atoms with E-state index in [0.29, 0.717) is 17.5 Å². The van der Waals surface area contributed by atoms with E-state index in [1.54, 1.807) is 0 Å². The molecule has 0 atom stereocenters. The van der Waals surface area contributed by atoms with Crippen molar-refractivity contribution in [3.63, 3.8) is 0 Å². The van der Waals surface area contributed by atoms with Gasteiger partial charge in [0.05, 0.1) is 27.7 Å². The summed E-state index contributed by atoms with van der Waals surface area (Å²) in [6.07, 6.45) is -0.00886. The van der Waals surface area contributed by atoms with Gasteiger partial charge >= 0.3 is 19.2 Å². The van der Waals surface area contributed by atoms with Gasteiger partial charge in [-0.1, -0.05) is 6.07 Å². The molecule has 36 heavy (non-hydrogen) atoms. The number of benzene rings is 1. The van der Waals surface area contributed by atoms with Crippen molar-refractivity contribution in [3.8, 4) is 0 Å². The van der Waals surface area contributed by atoms with Gasteiger partial charge in [-0.2, -0.15) is 0 Å². The van der Waals surface area contributed by atoms with Crippen LogP contribution in [0.15, 0.2) is 24.3 Å². The molecule has 0 spiro atoms. The topological polar surface area (TPSA) is 76.0 Å². The van der Waals surface area contributed by atoms with Crippen molar-refractivity contribution < 1.29 is 28.4 Å². The van der Waals surface area contributed by atoms with E-state index in [4.69, 9.17) is 18.8 Å². The second-order valence-corrected chi connectivity index (χ2v) is 13.4. The van der Waals surface area contributed by atoms with Crippen molar-refractivity contribution >= 4 is 35.7 Å². The zero-order valence-corrected chi connectivity index (χ0v) is 24.0. The molecular weight excluding hydrogens is 457 g/mol. The summed E-state index contributed by atoms with van der Waals surface area (Å²) in [6, 6.07) is 7.72. The maximum atomic E-state index is 13.3. The number of carbonyl (C=O) groups is 2. The molecule has 1 saturated heterocycles. The number of rotatable bonds is 4. The van der Waals surface area contributed by atoms with Crippen LogP contribution in [-0.2, 0) is 30.0 Å². The van der Waals surface area contributed by atoms with Crippen LogP contribution in [0.4, 0.5) is 4.79 Å². The minimum Gasteiger partial charge on any atom is -0.460 e. The Balaban J connectivity index is 2.04. The van der Waals surface area contributed by atoms with Crippen molar-refractivity contribution in [2.75, 3.05) is 0 Å². The van der Waals surface area contributed by atoms with Crippen molar-refractivity contribution in [2.45, 2.75) is 112 Å². The third-order valence-corrected chi connectivity index (χ3v) is 6.56. The molecule has 0 aliphatic carbocycles. The van der Waals surface area contributed by atoms with Crippen LogP contribution in [0.5, 0.6) is 0 Å². The number of hydrogen-bond acceptors (Lipinski definition) is 6. The molecule has 198 valence electrons. The summed E-state index contributed by atoms with van der Waals surface area (Å²) in [5, 5.41) is 0.836. The van der Waals surface area contributed by atoms with Crippen molar-refractivity contribution in [1.82, 2.24) is 4.57 Å². The third kappa shape index (κ3) is 5.97. The molecular formula is C28H42BNO6. The first-order valence-electron chi connectivity index (χ1n) is 12.6. The summed E-state index contributed by atoms with van der Waals surface area (Å²) in [7, 11) is -0.739. The second-order valence-electron chi connectivity index (χ2n) is 13.4. The fraction of sp³-hybridized carbons (Fsp3) is 0.643. The highest BCUT2D eigenvalue weighted by atomic mass is 16.7. The first kappa shape index (κ1) is 28.3. The SMILES string of the molecule is CC(C)(C)OC(=O)n1c(B2OC(C)(C)C(C)(C)O2)cc2cc(CC(C)(C)C(=O)OC(C)(C)C)ccc21. The second kappa shape index (κ2) is 8.91. The molecule has 0 N–H and O–H groups in total. The third-order valence-electron chi connectivity index (χ3n) is 6.56. The molecule has 0 radical (unpaired) electrons. The average molecular weight is 499 g/mol. The Bertz CT molecular complexity index is 1150. The van der Waals surface area contributed by atoms with E-state index in [1.807, 2.05) is 107 Å². The van der Waals surface area contributed by atoms with Crippen LogP contribution >= 0.6 is 0 Å². The van der Waals surface area contributed by atoms with Gasteiger partial charge in [0, 0.05) is 5.39 Å². The van der Waals surface area contributed by atoms with Crippen molar-refractivity contribution in [3.05, 3.63) is 29.8 Å². The number of fused-ring (bicyclic) bond motifs is 1. The highest BCUT2D eigenvalue weighted by Gasteiger charge is 2.53. The van der Waals surface area contributed by atoms with Crippen LogP contribution in [0.1, 0.15) is 88.6 Å². The van der Waals surface area contributed by atoms with Crippen molar-refractivity contribution in [1.29, 1.82) is 0 Å². The molecule has 7 nitrogen and oxygen atoms in total. The first-order valence-corrected chi connectivity index (χ1v) is 12.6. The molecule has 3 rings (SSSR count). The van der Waals surface area contributed by atoms with Crippen LogP contribution in [0, 0.1) is 5.41 Å². The Morgan fingerprint density at radius 2 is 1.39 bits per heavy atom. The highest BCUT2D eigenvalue weighted by Crippen LogP contribution is 2.37. The number of aromatic nitrogens is 1. The molecule has 0 saturated carbocycles. The first-order chi connectivity index (χ1) is 16.1. The Hall–Kier alpha value is -2.32. The Kier molecular flexibility index (Phi) is 6.99. The zero-order valence-electron chi connectivity index (χ0n) is 24.0. The van der Waals surface area contributed by atoms with Crippen LogP contribution < -0.4 is 5.59 Å². The van der Waals surface area contributed by atoms with E-state index in [2.05, 4.69) is 0 Å². The lowest BCUT2D eigenvalue weighted by atomic mass is 9.84. The largest absolute Gasteiger partial charge is 0.513 e. The van der Waals surface area contributed by atoms with Crippen LogP contribution in [0.25, 0.3) is 10.9 Å². The van der Waals surface area contributed by atoms with E-state index >= 15 is 0 Å². The van der Waals surface area contributed by atoms with Gasteiger partial charge in [0.1, 0.15) is 11.2 Å². The Morgan fingerprint density at radius 3 is 1.89 bits per heavy atom. The van der Waals surface area contributed by atoms with Crippen LogP contribution in [-0.4, -0.2) is 46.2 Å².